The Labute approximate surface area is 155 Å². The Kier molecular flexibility index (Phi) is 5.27. The first kappa shape index (κ1) is 18.0. The van der Waals surface area contributed by atoms with Crippen molar-refractivity contribution in [1.82, 2.24) is 0 Å². The van der Waals surface area contributed by atoms with E-state index in [-0.39, 0.29) is 23.5 Å². The maximum absolute atomic E-state index is 12.7. The number of ether oxygens (including phenoxy) is 1. The average molecular weight is 370 g/mol. The summed E-state index contributed by atoms with van der Waals surface area (Å²) in [5.74, 6) is -0.187. The van der Waals surface area contributed by atoms with E-state index in [1.54, 1.807) is 36.4 Å². The molecule has 1 fully saturated rings. The second-order valence-electron chi connectivity index (χ2n) is 5.79. The molecule has 1 atom stereocenters. The Bertz CT molecular complexity index is 868. The summed E-state index contributed by atoms with van der Waals surface area (Å²) in [6.45, 7) is 1.84. The monoisotopic (exact) mass is 370 g/mol. The molecular weight excluding hydrogens is 352 g/mol. The number of carbonyl (C=O) groups excluding carboxylic acids is 3. The zero-order valence-corrected chi connectivity index (χ0v) is 15.2. The van der Waals surface area contributed by atoms with E-state index in [1.165, 1.54) is 7.11 Å². The van der Waals surface area contributed by atoms with Crippen LogP contribution in [0.3, 0.4) is 0 Å². The molecule has 1 heterocycles. The third kappa shape index (κ3) is 3.57. The molecular formula is C19H18N2O4S. The number of nitrogens with one attached hydrogen (secondary N) is 1. The van der Waals surface area contributed by atoms with Crippen LogP contribution in [0.4, 0.5) is 16.2 Å². The number of hydrogen-bond acceptors (Lipinski definition) is 5. The predicted octanol–water partition coefficient (Wildman–Crippen LogP) is 3.60. The molecule has 2 aromatic rings. The van der Waals surface area contributed by atoms with Crippen LogP contribution < -0.4 is 15.0 Å². The van der Waals surface area contributed by atoms with Gasteiger partial charge in [0.05, 0.1) is 18.5 Å². The fourth-order valence-electron chi connectivity index (χ4n) is 2.74. The summed E-state index contributed by atoms with van der Waals surface area (Å²) in [5, 5.41) is 1.63. The third-order valence-electron chi connectivity index (χ3n) is 4.03. The molecule has 0 bridgehead atoms. The first-order chi connectivity index (χ1) is 12.5. The Balaban J connectivity index is 1.71. The standard InChI is InChI=1S/C19H18N2O4S/c1-12-7-3-5-9-14(12)21-18(23)16(26-19(21)24)11-17(22)20-13-8-4-6-10-15(13)25-2/h3-10,16H,11H2,1-2H3,(H,20,22)/t16-/m1/s1. The molecule has 1 aliphatic heterocycles. The quantitative estimate of drug-likeness (QED) is 0.870. The number of amides is 3. The summed E-state index contributed by atoms with van der Waals surface area (Å²) in [5.41, 5.74) is 1.91. The van der Waals surface area contributed by atoms with Crippen molar-refractivity contribution in [3.63, 3.8) is 0 Å². The molecule has 0 saturated carbocycles. The fraction of sp³-hybridized carbons (Fsp3) is 0.211. The van der Waals surface area contributed by atoms with E-state index in [0.29, 0.717) is 17.1 Å². The van der Waals surface area contributed by atoms with Gasteiger partial charge in [-0.1, -0.05) is 30.3 Å². The minimum absolute atomic E-state index is 0.0876. The van der Waals surface area contributed by atoms with Gasteiger partial charge in [0, 0.05) is 6.42 Å². The van der Waals surface area contributed by atoms with E-state index in [1.807, 2.05) is 19.1 Å². The number of rotatable bonds is 5. The van der Waals surface area contributed by atoms with E-state index in [4.69, 9.17) is 4.74 Å². The maximum atomic E-state index is 12.7. The van der Waals surface area contributed by atoms with Crippen LogP contribution in [-0.4, -0.2) is 29.4 Å². The van der Waals surface area contributed by atoms with Crippen LogP contribution in [0, 0.1) is 6.92 Å². The van der Waals surface area contributed by atoms with Gasteiger partial charge in [-0.2, -0.15) is 0 Å². The third-order valence-corrected chi connectivity index (χ3v) is 5.07. The van der Waals surface area contributed by atoms with Crippen LogP contribution in [0.1, 0.15) is 12.0 Å². The molecule has 0 radical (unpaired) electrons. The minimum Gasteiger partial charge on any atom is -0.495 e. The number of imide groups is 1. The molecule has 0 spiro atoms. The van der Waals surface area contributed by atoms with Crippen LogP contribution in [0.5, 0.6) is 5.75 Å². The van der Waals surface area contributed by atoms with Crippen molar-refractivity contribution in [2.75, 3.05) is 17.3 Å². The van der Waals surface area contributed by atoms with Crippen LogP contribution in [0.25, 0.3) is 0 Å². The summed E-state index contributed by atoms with van der Waals surface area (Å²) in [6.07, 6.45) is -0.0876. The molecule has 1 aliphatic rings. The summed E-state index contributed by atoms with van der Waals surface area (Å²) < 4.78 is 5.19. The number of nitrogens with zero attached hydrogens (tertiary/aromatic N) is 1. The first-order valence-electron chi connectivity index (χ1n) is 8.04. The molecule has 1 saturated heterocycles. The Hall–Kier alpha value is -2.80. The van der Waals surface area contributed by atoms with Crippen molar-refractivity contribution in [3.05, 3.63) is 54.1 Å². The lowest BCUT2D eigenvalue weighted by Crippen LogP contribution is -2.33. The van der Waals surface area contributed by atoms with Crippen LogP contribution in [0.2, 0.25) is 0 Å². The van der Waals surface area contributed by atoms with Crippen molar-refractivity contribution in [2.24, 2.45) is 0 Å². The minimum atomic E-state index is -0.739. The number of hydrogen-bond donors (Lipinski definition) is 1. The van der Waals surface area contributed by atoms with E-state index in [9.17, 15) is 14.4 Å². The van der Waals surface area contributed by atoms with Gasteiger partial charge in [0.15, 0.2) is 0 Å². The molecule has 1 N–H and O–H groups in total. The Morgan fingerprint density at radius 2 is 1.85 bits per heavy atom. The number of para-hydroxylation sites is 3. The van der Waals surface area contributed by atoms with Crippen LogP contribution in [0.15, 0.2) is 48.5 Å². The number of benzene rings is 2. The molecule has 134 valence electrons. The molecule has 3 rings (SSSR count). The SMILES string of the molecule is COc1ccccc1NC(=O)C[C@H]1SC(=O)N(c2ccccc2C)C1=O. The van der Waals surface area contributed by atoms with E-state index < -0.39 is 5.25 Å². The van der Waals surface area contributed by atoms with Crippen molar-refractivity contribution in [1.29, 1.82) is 0 Å². The molecule has 0 aliphatic carbocycles. The topological polar surface area (TPSA) is 75.7 Å². The second-order valence-corrected chi connectivity index (χ2v) is 6.94. The van der Waals surface area contributed by atoms with Crippen molar-refractivity contribution >= 4 is 40.2 Å². The van der Waals surface area contributed by atoms with Crippen molar-refractivity contribution in [2.45, 2.75) is 18.6 Å². The average Bonchev–Trinajstić information content (AvgIpc) is 2.89. The second kappa shape index (κ2) is 7.61. The number of aryl methyl sites for hydroxylation is 1. The lowest BCUT2D eigenvalue weighted by Gasteiger charge is -2.16. The van der Waals surface area contributed by atoms with Gasteiger partial charge in [0.25, 0.3) is 5.24 Å². The van der Waals surface area contributed by atoms with Crippen molar-refractivity contribution in [3.8, 4) is 5.75 Å². The summed E-state index contributed by atoms with van der Waals surface area (Å²) >= 11 is 0.880. The summed E-state index contributed by atoms with van der Waals surface area (Å²) in [7, 11) is 1.51. The molecule has 0 aromatic heterocycles. The van der Waals surface area contributed by atoms with Gasteiger partial charge in [-0.3, -0.25) is 14.4 Å². The molecule has 0 unspecified atom stereocenters. The molecule has 3 amide bonds. The lowest BCUT2D eigenvalue weighted by atomic mass is 10.1. The van der Waals surface area contributed by atoms with Gasteiger partial charge in [-0.25, -0.2) is 4.90 Å². The largest absolute Gasteiger partial charge is 0.495 e. The number of thioether (sulfide) groups is 1. The van der Waals surface area contributed by atoms with E-state index in [2.05, 4.69) is 5.32 Å². The van der Waals surface area contributed by atoms with Crippen LogP contribution >= 0.6 is 11.8 Å². The predicted molar refractivity (Wildman–Crippen MR) is 102 cm³/mol. The maximum Gasteiger partial charge on any atom is 0.293 e. The zero-order valence-electron chi connectivity index (χ0n) is 14.4. The first-order valence-corrected chi connectivity index (χ1v) is 8.92. The van der Waals surface area contributed by atoms with E-state index in [0.717, 1.165) is 22.2 Å². The molecule has 7 heteroatoms. The highest BCUT2D eigenvalue weighted by atomic mass is 32.2. The van der Waals surface area contributed by atoms with Gasteiger partial charge < -0.3 is 10.1 Å². The van der Waals surface area contributed by atoms with Gasteiger partial charge in [0.2, 0.25) is 11.8 Å². The summed E-state index contributed by atoms with van der Waals surface area (Å²) in [6, 6.07) is 14.2. The fourth-order valence-corrected chi connectivity index (χ4v) is 3.71. The number of anilines is 2. The Morgan fingerprint density at radius 1 is 1.15 bits per heavy atom. The molecule has 6 nitrogen and oxygen atoms in total. The normalized spacial score (nSPS) is 16.7. The van der Waals surface area contributed by atoms with E-state index >= 15 is 0 Å². The van der Waals surface area contributed by atoms with Gasteiger partial charge in [-0.15, -0.1) is 0 Å². The zero-order chi connectivity index (χ0) is 18.7. The summed E-state index contributed by atoms with van der Waals surface area (Å²) in [4.78, 5) is 38.5. The molecule has 26 heavy (non-hydrogen) atoms. The van der Waals surface area contributed by atoms with Crippen molar-refractivity contribution < 1.29 is 19.1 Å². The number of carbonyl (C=O) groups is 3. The van der Waals surface area contributed by atoms with Crippen LogP contribution in [-0.2, 0) is 9.59 Å². The van der Waals surface area contributed by atoms with Gasteiger partial charge >= 0.3 is 0 Å². The van der Waals surface area contributed by atoms with Gasteiger partial charge in [0.1, 0.15) is 11.0 Å². The highest BCUT2D eigenvalue weighted by molar-refractivity contribution is 8.15. The Morgan fingerprint density at radius 3 is 2.58 bits per heavy atom. The van der Waals surface area contributed by atoms with Gasteiger partial charge in [-0.05, 0) is 42.4 Å². The number of methoxy groups -OCH3 is 1. The lowest BCUT2D eigenvalue weighted by molar-refractivity contribution is -0.121. The smallest absolute Gasteiger partial charge is 0.293 e. The highest BCUT2D eigenvalue weighted by Gasteiger charge is 2.42. The highest BCUT2D eigenvalue weighted by Crippen LogP contribution is 2.35. The molecule has 2 aromatic carbocycles.